The fraction of sp³-hybridized carbons (Fsp3) is 0.278. The van der Waals surface area contributed by atoms with Crippen LogP contribution in [0.25, 0.3) is 4.85 Å². The molecule has 1 aromatic heterocycles. The third kappa shape index (κ3) is 4.21. The Morgan fingerprint density at radius 2 is 2.07 bits per heavy atom. The Morgan fingerprint density at radius 3 is 2.72 bits per heavy atom. The third-order valence-corrected chi connectivity index (χ3v) is 4.21. The van der Waals surface area contributed by atoms with E-state index >= 15 is 0 Å². The SMILES string of the molecule is [C-]#[N+]c1ccnc(Oc2ccc(F)c([C@]3(CF)C[C@@H](C(F)(F)F)OC(N)=N3)c2)c1. The first-order chi connectivity index (χ1) is 13.7. The van der Waals surface area contributed by atoms with Crippen molar-refractivity contribution in [2.24, 2.45) is 10.7 Å². The van der Waals surface area contributed by atoms with Crippen LogP contribution in [-0.2, 0) is 10.3 Å². The Kier molecular flexibility index (Phi) is 5.28. The Morgan fingerprint density at radius 1 is 1.31 bits per heavy atom. The maximum atomic E-state index is 14.5. The molecule has 2 N–H and O–H groups in total. The molecule has 2 heterocycles. The Hall–Kier alpha value is -3.42. The minimum Gasteiger partial charge on any atom is -0.452 e. The first-order valence-electron chi connectivity index (χ1n) is 8.13. The molecule has 0 fully saturated rings. The largest absolute Gasteiger partial charge is 0.452 e. The second-order valence-corrected chi connectivity index (χ2v) is 6.18. The van der Waals surface area contributed by atoms with Crippen LogP contribution < -0.4 is 10.5 Å². The van der Waals surface area contributed by atoms with Gasteiger partial charge in [-0.3, -0.25) is 0 Å². The molecule has 0 bridgehead atoms. The Bertz CT molecular complexity index is 989. The van der Waals surface area contributed by atoms with E-state index in [1.807, 2.05) is 0 Å². The van der Waals surface area contributed by atoms with Gasteiger partial charge in [0.25, 0.3) is 6.02 Å². The number of aliphatic imine (C=N–C) groups is 1. The summed E-state index contributed by atoms with van der Waals surface area (Å²) in [4.78, 5) is 10.8. The average Bonchev–Trinajstić information content (AvgIpc) is 2.68. The molecule has 152 valence electrons. The van der Waals surface area contributed by atoms with Crippen molar-refractivity contribution < 1.29 is 31.4 Å². The third-order valence-electron chi connectivity index (χ3n) is 4.21. The van der Waals surface area contributed by atoms with Crippen LogP contribution in [0.4, 0.5) is 27.6 Å². The molecule has 1 aliphatic heterocycles. The number of halogens is 5. The highest BCUT2D eigenvalue weighted by molar-refractivity contribution is 5.73. The molecule has 1 aromatic carbocycles. The van der Waals surface area contributed by atoms with Crippen LogP contribution in [0, 0.1) is 12.4 Å². The molecular weight excluding hydrogens is 399 g/mol. The molecule has 0 unspecified atom stereocenters. The van der Waals surface area contributed by atoms with Gasteiger partial charge in [-0.2, -0.15) is 13.2 Å². The van der Waals surface area contributed by atoms with E-state index in [-0.39, 0.29) is 17.3 Å². The number of hydrogen-bond acceptors (Lipinski definition) is 5. The summed E-state index contributed by atoms with van der Waals surface area (Å²) in [6.45, 7) is 5.53. The van der Waals surface area contributed by atoms with E-state index in [9.17, 15) is 22.0 Å². The second kappa shape index (κ2) is 7.54. The van der Waals surface area contributed by atoms with E-state index < -0.39 is 48.3 Å². The van der Waals surface area contributed by atoms with Gasteiger partial charge in [0.05, 0.1) is 6.57 Å². The van der Waals surface area contributed by atoms with Crippen LogP contribution >= 0.6 is 0 Å². The molecule has 29 heavy (non-hydrogen) atoms. The zero-order chi connectivity index (χ0) is 21.2. The summed E-state index contributed by atoms with van der Waals surface area (Å²) in [5.74, 6) is -1.03. The van der Waals surface area contributed by atoms with Crippen LogP contribution in [0.3, 0.4) is 0 Å². The molecule has 0 saturated carbocycles. The van der Waals surface area contributed by atoms with Gasteiger partial charge in [0.1, 0.15) is 23.8 Å². The number of nitrogens with zero attached hydrogens (tertiary/aromatic N) is 3. The molecule has 0 radical (unpaired) electrons. The number of alkyl halides is 4. The maximum Gasteiger partial charge on any atom is 0.425 e. The zero-order valence-corrected chi connectivity index (χ0v) is 14.6. The smallest absolute Gasteiger partial charge is 0.425 e. The van der Waals surface area contributed by atoms with Crippen molar-refractivity contribution in [3.63, 3.8) is 0 Å². The van der Waals surface area contributed by atoms with E-state index in [0.29, 0.717) is 0 Å². The summed E-state index contributed by atoms with van der Waals surface area (Å²) < 4.78 is 77.8. The highest BCUT2D eigenvalue weighted by atomic mass is 19.4. The topological polar surface area (TPSA) is 74.1 Å². The summed E-state index contributed by atoms with van der Waals surface area (Å²) in [5, 5.41) is 0. The van der Waals surface area contributed by atoms with Crippen molar-refractivity contribution in [3.8, 4) is 11.6 Å². The number of ether oxygens (including phenoxy) is 2. The fourth-order valence-corrected chi connectivity index (χ4v) is 2.86. The molecular formula is C18H13F5N4O2. The number of aromatic nitrogens is 1. The van der Waals surface area contributed by atoms with Crippen LogP contribution in [0.15, 0.2) is 41.5 Å². The first-order valence-corrected chi connectivity index (χ1v) is 8.13. The number of amidine groups is 1. The summed E-state index contributed by atoms with van der Waals surface area (Å²) in [6.07, 6.45) is -6.99. The number of nitrogens with two attached hydrogens (primary N) is 1. The molecule has 3 rings (SSSR count). The van der Waals surface area contributed by atoms with Gasteiger partial charge in [-0.1, -0.05) is 0 Å². The van der Waals surface area contributed by atoms with Gasteiger partial charge in [0, 0.05) is 24.2 Å². The van der Waals surface area contributed by atoms with Gasteiger partial charge >= 0.3 is 6.18 Å². The molecule has 0 aliphatic carbocycles. The predicted molar refractivity (Wildman–Crippen MR) is 91.8 cm³/mol. The molecule has 0 spiro atoms. The van der Waals surface area contributed by atoms with Crippen LogP contribution in [-0.4, -0.2) is 30.0 Å². The second-order valence-electron chi connectivity index (χ2n) is 6.18. The lowest BCUT2D eigenvalue weighted by atomic mass is 9.84. The lowest BCUT2D eigenvalue weighted by Gasteiger charge is -2.36. The van der Waals surface area contributed by atoms with Crippen molar-refractivity contribution in [1.82, 2.24) is 4.98 Å². The monoisotopic (exact) mass is 412 g/mol. The molecule has 6 nitrogen and oxygen atoms in total. The van der Waals surface area contributed by atoms with Gasteiger partial charge in [-0.15, -0.1) is 0 Å². The predicted octanol–water partition coefficient (Wildman–Crippen LogP) is 4.39. The molecule has 2 aromatic rings. The van der Waals surface area contributed by atoms with E-state index in [1.54, 1.807) is 0 Å². The lowest BCUT2D eigenvalue weighted by molar-refractivity contribution is -0.209. The number of rotatable bonds is 4. The Labute approximate surface area is 161 Å². The highest BCUT2D eigenvalue weighted by Gasteiger charge is 2.52. The van der Waals surface area contributed by atoms with Crippen LogP contribution in [0.5, 0.6) is 11.6 Å². The van der Waals surface area contributed by atoms with Crippen LogP contribution in [0.1, 0.15) is 12.0 Å². The molecule has 0 amide bonds. The van der Waals surface area contributed by atoms with E-state index in [4.69, 9.17) is 17.0 Å². The van der Waals surface area contributed by atoms with Gasteiger partial charge < -0.3 is 15.2 Å². The Balaban J connectivity index is 2.01. The standard InChI is InChI=1S/C18H13F5N4O2/c1-25-10-4-5-26-15(6-10)28-11-2-3-13(20)12(7-11)17(9-19)8-14(18(21,22)23)29-16(24)27-17/h2-7,14H,8-9H2,(H2,24,27)/t14-,17+/m0/s1. The van der Waals surface area contributed by atoms with Crippen molar-refractivity contribution in [2.45, 2.75) is 24.2 Å². The van der Waals surface area contributed by atoms with Gasteiger partial charge in [-0.25, -0.2) is 23.6 Å². The summed E-state index contributed by atoms with van der Waals surface area (Å²) >= 11 is 0. The maximum absolute atomic E-state index is 14.5. The van der Waals surface area contributed by atoms with Gasteiger partial charge in [-0.05, 0) is 24.3 Å². The fourth-order valence-electron chi connectivity index (χ4n) is 2.86. The summed E-state index contributed by atoms with van der Waals surface area (Å²) in [7, 11) is 0. The highest BCUT2D eigenvalue weighted by Crippen LogP contribution is 2.42. The van der Waals surface area contributed by atoms with Crippen molar-refractivity contribution in [2.75, 3.05) is 6.67 Å². The number of hydrogen-bond donors (Lipinski definition) is 1. The zero-order valence-electron chi connectivity index (χ0n) is 14.6. The van der Waals surface area contributed by atoms with Crippen molar-refractivity contribution in [1.29, 1.82) is 0 Å². The normalized spacial score (nSPS) is 21.7. The molecule has 1 aliphatic rings. The van der Waals surface area contributed by atoms with E-state index in [0.717, 1.165) is 12.1 Å². The number of pyridine rings is 1. The summed E-state index contributed by atoms with van der Waals surface area (Å²) in [5.41, 5.74) is 2.84. The minimum absolute atomic E-state index is 0.00600. The van der Waals surface area contributed by atoms with E-state index in [2.05, 4.69) is 19.6 Å². The molecule has 0 saturated heterocycles. The summed E-state index contributed by atoms with van der Waals surface area (Å²) in [6, 6.07) is 4.97. The quantitative estimate of drug-likeness (QED) is 0.597. The van der Waals surface area contributed by atoms with E-state index in [1.165, 1.54) is 24.4 Å². The first kappa shape index (κ1) is 20.3. The molecule has 2 atom stereocenters. The lowest BCUT2D eigenvalue weighted by Crippen LogP contribution is -2.48. The molecule has 11 heteroatoms. The van der Waals surface area contributed by atoms with Crippen LogP contribution in [0.2, 0.25) is 0 Å². The van der Waals surface area contributed by atoms with Crippen molar-refractivity contribution in [3.05, 3.63) is 59.3 Å². The van der Waals surface area contributed by atoms with Gasteiger partial charge in [0.2, 0.25) is 5.88 Å². The van der Waals surface area contributed by atoms with Crippen molar-refractivity contribution >= 4 is 11.7 Å². The number of benzene rings is 1. The minimum atomic E-state index is -4.85. The van der Waals surface area contributed by atoms with Gasteiger partial charge in [0.15, 0.2) is 11.8 Å². The average molecular weight is 412 g/mol.